The molecule has 0 radical (unpaired) electrons. The SMILES string of the molecule is CCCCCCCCCCCCCCCCCCCCC(=O)Nc1ccccc1NC(=O)CCCCCCCCCCCCCCCCCCCC. The van der Waals surface area contributed by atoms with Gasteiger partial charge in [0.2, 0.25) is 11.8 Å². The smallest absolute Gasteiger partial charge is 0.224 e. The Bertz CT molecular complexity index is 842. The van der Waals surface area contributed by atoms with E-state index in [1.165, 1.54) is 205 Å². The molecule has 0 aliphatic carbocycles. The number of nitrogens with one attached hydrogen (secondary N) is 2. The first-order chi connectivity index (χ1) is 25.7. The van der Waals surface area contributed by atoms with Crippen LogP contribution in [0.2, 0.25) is 0 Å². The first kappa shape index (κ1) is 48.2. The van der Waals surface area contributed by atoms with Crippen molar-refractivity contribution >= 4 is 23.2 Å². The molecule has 0 atom stereocenters. The summed E-state index contributed by atoms with van der Waals surface area (Å²) in [6, 6.07) is 7.61. The Balaban J connectivity index is 1.95. The first-order valence-corrected chi connectivity index (χ1v) is 23.4. The lowest BCUT2D eigenvalue weighted by Crippen LogP contribution is -2.16. The van der Waals surface area contributed by atoms with Crippen LogP contribution in [0.5, 0.6) is 0 Å². The van der Waals surface area contributed by atoms with E-state index < -0.39 is 0 Å². The van der Waals surface area contributed by atoms with Gasteiger partial charge in [-0.1, -0.05) is 244 Å². The maximum absolute atomic E-state index is 12.7. The third-order valence-electron chi connectivity index (χ3n) is 11.0. The van der Waals surface area contributed by atoms with E-state index in [1.54, 1.807) is 0 Å². The van der Waals surface area contributed by atoms with Gasteiger partial charge >= 0.3 is 0 Å². The summed E-state index contributed by atoms with van der Waals surface area (Å²) in [5.41, 5.74) is 1.42. The van der Waals surface area contributed by atoms with Crippen LogP contribution in [-0.2, 0) is 9.59 Å². The van der Waals surface area contributed by atoms with Crippen molar-refractivity contribution in [2.45, 2.75) is 258 Å². The molecule has 302 valence electrons. The number of para-hydroxylation sites is 2. The number of hydrogen-bond donors (Lipinski definition) is 2. The number of anilines is 2. The Kier molecular flexibility index (Phi) is 36.0. The van der Waals surface area contributed by atoms with E-state index in [1.807, 2.05) is 24.3 Å². The molecule has 0 aromatic heterocycles. The maximum Gasteiger partial charge on any atom is 0.224 e. The van der Waals surface area contributed by atoms with Crippen LogP contribution in [-0.4, -0.2) is 11.8 Å². The van der Waals surface area contributed by atoms with Crippen molar-refractivity contribution in [2.24, 2.45) is 0 Å². The van der Waals surface area contributed by atoms with E-state index >= 15 is 0 Å². The van der Waals surface area contributed by atoms with Gasteiger partial charge in [0.05, 0.1) is 11.4 Å². The van der Waals surface area contributed by atoms with Gasteiger partial charge in [0, 0.05) is 12.8 Å². The van der Waals surface area contributed by atoms with Gasteiger partial charge in [-0.2, -0.15) is 0 Å². The van der Waals surface area contributed by atoms with Crippen molar-refractivity contribution in [1.82, 2.24) is 0 Å². The lowest BCUT2D eigenvalue weighted by molar-refractivity contribution is -0.117. The molecule has 0 heterocycles. The normalized spacial score (nSPS) is 11.3. The molecule has 0 bridgehead atoms. The summed E-state index contributed by atoms with van der Waals surface area (Å²) in [6.07, 6.45) is 49.6. The summed E-state index contributed by atoms with van der Waals surface area (Å²) >= 11 is 0. The lowest BCUT2D eigenvalue weighted by atomic mass is 10.0. The molecule has 2 N–H and O–H groups in total. The van der Waals surface area contributed by atoms with Crippen molar-refractivity contribution in [3.63, 3.8) is 0 Å². The summed E-state index contributed by atoms with van der Waals surface area (Å²) in [7, 11) is 0. The predicted octanol–water partition coefficient (Wildman–Crippen LogP) is 16.4. The van der Waals surface area contributed by atoms with E-state index in [4.69, 9.17) is 0 Å². The number of rotatable bonds is 40. The molecule has 4 nitrogen and oxygen atoms in total. The third-order valence-corrected chi connectivity index (χ3v) is 11.0. The van der Waals surface area contributed by atoms with Crippen LogP contribution < -0.4 is 10.6 Å². The Morgan fingerprint density at radius 2 is 0.519 bits per heavy atom. The standard InChI is InChI=1S/C48H88N2O2/c1-3-5-7-9-11-13-15-17-19-21-23-25-27-29-31-33-35-37-43-47(51)49-45-41-39-40-42-46(45)50-48(52)44-38-36-34-32-30-28-26-24-22-20-18-16-14-12-10-8-6-4-2/h39-42H,3-38,43-44H2,1-2H3,(H,49,51)(H,50,52). The quantitative estimate of drug-likeness (QED) is 0.0662. The Morgan fingerprint density at radius 1 is 0.327 bits per heavy atom. The second-order valence-corrected chi connectivity index (χ2v) is 16.2. The number of carbonyl (C=O) groups is 2. The second-order valence-electron chi connectivity index (χ2n) is 16.2. The van der Waals surface area contributed by atoms with Gasteiger partial charge in [0.15, 0.2) is 0 Å². The van der Waals surface area contributed by atoms with Crippen molar-refractivity contribution in [3.8, 4) is 0 Å². The van der Waals surface area contributed by atoms with E-state index in [0.29, 0.717) is 24.2 Å². The molecule has 0 saturated heterocycles. The van der Waals surface area contributed by atoms with Gasteiger partial charge in [-0.15, -0.1) is 0 Å². The highest BCUT2D eigenvalue weighted by Gasteiger charge is 2.10. The minimum Gasteiger partial charge on any atom is -0.324 e. The van der Waals surface area contributed by atoms with Gasteiger partial charge in [-0.3, -0.25) is 9.59 Å². The zero-order chi connectivity index (χ0) is 37.4. The van der Waals surface area contributed by atoms with Crippen LogP contribution in [0.3, 0.4) is 0 Å². The zero-order valence-corrected chi connectivity index (χ0v) is 35.0. The van der Waals surface area contributed by atoms with Crippen LogP contribution >= 0.6 is 0 Å². The van der Waals surface area contributed by atoms with Crippen LogP contribution in [0.25, 0.3) is 0 Å². The summed E-state index contributed by atoms with van der Waals surface area (Å²) in [6.45, 7) is 4.58. The molecule has 52 heavy (non-hydrogen) atoms. The molecule has 0 spiro atoms. The average Bonchev–Trinajstić information content (AvgIpc) is 3.14. The van der Waals surface area contributed by atoms with Gasteiger partial charge in [0.1, 0.15) is 0 Å². The van der Waals surface area contributed by atoms with Crippen LogP contribution in [0.1, 0.15) is 258 Å². The van der Waals surface area contributed by atoms with E-state index in [-0.39, 0.29) is 11.8 Å². The summed E-state index contributed by atoms with van der Waals surface area (Å²) in [5.74, 6) is 0.0865. The van der Waals surface area contributed by atoms with Gasteiger partial charge in [0.25, 0.3) is 0 Å². The molecule has 0 fully saturated rings. The molecule has 4 heteroatoms. The number of benzene rings is 1. The second kappa shape index (κ2) is 38.9. The fourth-order valence-electron chi connectivity index (χ4n) is 7.50. The minimum atomic E-state index is 0.0432. The fraction of sp³-hybridized carbons (Fsp3) is 0.833. The molecular formula is C48H88N2O2. The molecule has 1 aromatic rings. The first-order valence-electron chi connectivity index (χ1n) is 23.4. The molecule has 0 saturated carbocycles. The molecule has 0 aliphatic rings. The van der Waals surface area contributed by atoms with Crippen LogP contribution in [0.15, 0.2) is 24.3 Å². The predicted molar refractivity (Wildman–Crippen MR) is 230 cm³/mol. The number of carbonyl (C=O) groups excluding carboxylic acids is 2. The van der Waals surface area contributed by atoms with E-state index in [2.05, 4.69) is 24.5 Å². The van der Waals surface area contributed by atoms with Gasteiger partial charge in [-0.05, 0) is 25.0 Å². The molecule has 0 unspecified atom stereocenters. The minimum absolute atomic E-state index is 0.0432. The van der Waals surface area contributed by atoms with E-state index in [9.17, 15) is 9.59 Å². The summed E-state index contributed by atoms with van der Waals surface area (Å²) in [5, 5.41) is 6.09. The molecule has 2 amide bonds. The Morgan fingerprint density at radius 3 is 0.731 bits per heavy atom. The van der Waals surface area contributed by atoms with E-state index in [0.717, 1.165) is 25.7 Å². The fourth-order valence-corrected chi connectivity index (χ4v) is 7.50. The van der Waals surface area contributed by atoms with Crippen molar-refractivity contribution in [1.29, 1.82) is 0 Å². The van der Waals surface area contributed by atoms with Gasteiger partial charge < -0.3 is 10.6 Å². The van der Waals surface area contributed by atoms with Crippen molar-refractivity contribution in [3.05, 3.63) is 24.3 Å². The number of hydrogen-bond acceptors (Lipinski definition) is 2. The molecule has 1 rings (SSSR count). The Labute approximate surface area is 324 Å². The van der Waals surface area contributed by atoms with Crippen LogP contribution in [0, 0.1) is 0 Å². The highest BCUT2D eigenvalue weighted by molar-refractivity contribution is 5.99. The summed E-state index contributed by atoms with van der Waals surface area (Å²) < 4.78 is 0. The topological polar surface area (TPSA) is 58.2 Å². The molecule has 1 aromatic carbocycles. The lowest BCUT2D eigenvalue weighted by Gasteiger charge is -2.12. The highest BCUT2D eigenvalue weighted by atomic mass is 16.2. The van der Waals surface area contributed by atoms with Crippen LogP contribution in [0.4, 0.5) is 11.4 Å². The molecule has 0 aliphatic heterocycles. The zero-order valence-electron chi connectivity index (χ0n) is 35.0. The monoisotopic (exact) mass is 725 g/mol. The molecular weight excluding hydrogens is 637 g/mol. The third kappa shape index (κ3) is 32.8. The number of amides is 2. The maximum atomic E-state index is 12.7. The average molecular weight is 725 g/mol. The Hall–Kier alpha value is -1.84. The highest BCUT2D eigenvalue weighted by Crippen LogP contribution is 2.23. The largest absolute Gasteiger partial charge is 0.324 e. The number of unbranched alkanes of at least 4 members (excludes halogenated alkanes) is 34. The van der Waals surface area contributed by atoms with Gasteiger partial charge in [-0.25, -0.2) is 0 Å². The van der Waals surface area contributed by atoms with Crippen molar-refractivity contribution in [2.75, 3.05) is 10.6 Å². The van der Waals surface area contributed by atoms with Crippen molar-refractivity contribution < 1.29 is 9.59 Å². The summed E-state index contributed by atoms with van der Waals surface area (Å²) in [4.78, 5) is 25.3.